The first-order valence-electron chi connectivity index (χ1n) is 8.15. The Hall–Kier alpha value is -1.79. The van der Waals surface area contributed by atoms with Gasteiger partial charge in [-0.1, -0.05) is 15.9 Å². The maximum absolute atomic E-state index is 12.3. The summed E-state index contributed by atoms with van der Waals surface area (Å²) >= 11 is 4.86. The van der Waals surface area contributed by atoms with Gasteiger partial charge in [-0.05, 0) is 68.3 Å². The van der Waals surface area contributed by atoms with Crippen molar-refractivity contribution in [1.29, 1.82) is 0 Å². The molecule has 0 heterocycles. The maximum atomic E-state index is 12.3. The molecule has 1 atom stereocenters. The summed E-state index contributed by atoms with van der Waals surface area (Å²) in [5.41, 5.74) is 1.58. The first-order valence-corrected chi connectivity index (χ1v) is 9.82. The number of carbonyl (C=O) groups is 2. The standard InChI is InChI=1S/C19H19BrN2O2S/c1-12(18(23)21-15-6-4-14(20)5-7-15)25-17-10-8-16(9-11-17)22-19(24)13-2-3-13/h4-13H,2-3H2,1H3,(H,21,23)(H,22,24). The summed E-state index contributed by atoms with van der Waals surface area (Å²) in [4.78, 5) is 25.0. The summed E-state index contributed by atoms with van der Waals surface area (Å²) in [5, 5.41) is 5.60. The van der Waals surface area contributed by atoms with E-state index in [0.717, 1.165) is 33.6 Å². The zero-order valence-corrected chi connectivity index (χ0v) is 16.2. The summed E-state index contributed by atoms with van der Waals surface area (Å²) in [6.07, 6.45) is 1.98. The van der Waals surface area contributed by atoms with Crippen LogP contribution in [0.4, 0.5) is 11.4 Å². The van der Waals surface area contributed by atoms with Gasteiger partial charge in [0, 0.05) is 26.7 Å². The fourth-order valence-electron chi connectivity index (χ4n) is 2.24. The quantitative estimate of drug-likeness (QED) is 0.654. The van der Waals surface area contributed by atoms with Crippen LogP contribution in [0.5, 0.6) is 0 Å². The van der Waals surface area contributed by atoms with Gasteiger partial charge in [-0.2, -0.15) is 0 Å². The molecule has 25 heavy (non-hydrogen) atoms. The number of carbonyl (C=O) groups excluding carboxylic acids is 2. The van der Waals surface area contributed by atoms with Crippen LogP contribution >= 0.6 is 27.7 Å². The Labute approximate surface area is 159 Å². The van der Waals surface area contributed by atoms with Gasteiger partial charge in [-0.3, -0.25) is 9.59 Å². The van der Waals surface area contributed by atoms with Crippen molar-refractivity contribution in [2.24, 2.45) is 5.92 Å². The lowest BCUT2D eigenvalue weighted by Crippen LogP contribution is -2.22. The topological polar surface area (TPSA) is 58.2 Å². The molecule has 1 saturated carbocycles. The molecule has 2 aromatic carbocycles. The van der Waals surface area contributed by atoms with Gasteiger partial charge in [0.15, 0.2) is 0 Å². The molecule has 4 nitrogen and oxygen atoms in total. The predicted molar refractivity (Wildman–Crippen MR) is 106 cm³/mol. The molecule has 130 valence electrons. The van der Waals surface area contributed by atoms with Crippen molar-refractivity contribution in [2.45, 2.75) is 29.9 Å². The molecule has 0 spiro atoms. The van der Waals surface area contributed by atoms with Gasteiger partial charge in [0.1, 0.15) is 0 Å². The average molecular weight is 419 g/mol. The van der Waals surface area contributed by atoms with E-state index in [1.54, 1.807) is 0 Å². The summed E-state index contributed by atoms with van der Waals surface area (Å²) in [7, 11) is 0. The summed E-state index contributed by atoms with van der Waals surface area (Å²) in [6.45, 7) is 1.88. The van der Waals surface area contributed by atoms with Crippen LogP contribution in [0.2, 0.25) is 0 Å². The SMILES string of the molecule is CC(Sc1ccc(NC(=O)C2CC2)cc1)C(=O)Nc1ccc(Br)cc1. The number of rotatable bonds is 6. The van der Waals surface area contributed by atoms with E-state index < -0.39 is 0 Å². The largest absolute Gasteiger partial charge is 0.326 e. The lowest BCUT2D eigenvalue weighted by molar-refractivity contribution is -0.117. The second-order valence-electron chi connectivity index (χ2n) is 6.04. The van der Waals surface area contributed by atoms with Crippen molar-refractivity contribution in [3.05, 3.63) is 53.0 Å². The van der Waals surface area contributed by atoms with Crippen LogP contribution in [-0.4, -0.2) is 17.1 Å². The highest BCUT2D eigenvalue weighted by atomic mass is 79.9. The van der Waals surface area contributed by atoms with Crippen LogP contribution in [0.3, 0.4) is 0 Å². The minimum atomic E-state index is -0.226. The molecule has 0 radical (unpaired) electrons. The van der Waals surface area contributed by atoms with Crippen molar-refractivity contribution in [1.82, 2.24) is 0 Å². The van der Waals surface area contributed by atoms with Crippen molar-refractivity contribution in [3.8, 4) is 0 Å². The third-order valence-electron chi connectivity index (χ3n) is 3.86. The van der Waals surface area contributed by atoms with E-state index in [9.17, 15) is 9.59 Å². The molecule has 0 bridgehead atoms. The molecular formula is C19H19BrN2O2S. The number of nitrogens with one attached hydrogen (secondary N) is 2. The van der Waals surface area contributed by atoms with Crippen LogP contribution < -0.4 is 10.6 Å². The third-order valence-corrected chi connectivity index (χ3v) is 5.50. The fourth-order valence-corrected chi connectivity index (χ4v) is 3.37. The first kappa shape index (κ1) is 18.0. The molecule has 1 aliphatic carbocycles. The van der Waals surface area contributed by atoms with E-state index in [-0.39, 0.29) is 23.0 Å². The van der Waals surface area contributed by atoms with E-state index in [4.69, 9.17) is 0 Å². The highest BCUT2D eigenvalue weighted by Gasteiger charge is 2.29. The lowest BCUT2D eigenvalue weighted by Gasteiger charge is -2.12. The molecular weight excluding hydrogens is 400 g/mol. The minimum Gasteiger partial charge on any atom is -0.326 e. The van der Waals surface area contributed by atoms with Gasteiger partial charge in [0.2, 0.25) is 11.8 Å². The highest BCUT2D eigenvalue weighted by Crippen LogP contribution is 2.31. The average Bonchev–Trinajstić information content (AvgIpc) is 3.43. The highest BCUT2D eigenvalue weighted by molar-refractivity contribution is 9.10. The van der Waals surface area contributed by atoms with Crippen LogP contribution in [0, 0.1) is 5.92 Å². The van der Waals surface area contributed by atoms with E-state index in [2.05, 4.69) is 26.6 Å². The minimum absolute atomic E-state index is 0.0431. The van der Waals surface area contributed by atoms with E-state index in [0.29, 0.717) is 0 Å². The van der Waals surface area contributed by atoms with Gasteiger partial charge in [0.25, 0.3) is 0 Å². The van der Waals surface area contributed by atoms with Crippen molar-refractivity contribution >= 4 is 50.9 Å². The van der Waals surface area contributed by atoms with Gasteiger partial charge in [-0.25, -0.2) is 0 Å². The molecule has 2 aromatic rings. The second-order valence-corrected chi connectivity index (χ2v) is 8.37. The summed E-state index contributed by atoms with van der Waals surface area (Å²) in [5.74, 6) is 0.248. The first-order chi connectivity index (χ1) is 12.0. The molecule has 0 saturated heterocycles. The maximum Gasteiger partial charge on any atom is 0.237 e. The Bertz CT molecular complexity index is 758. The molecule has 2 amide bonds. The number of halogens is 1. The molecule has 1 aliphatic rings. The van der Waals surface area contributed by atoms with E-state index in [1.807, 2.05) is 55.5 Å². The van der Waals surface area contributed by atoms with E-state index in [1.165, 1.54) is 11.8 Å². The molecule has 2 N–H and O–H groups in total. The Morgan fingerprint density at radius 2 is 1.56 bits per heavy atom. The third kappa shape index (κ3) is 5.34. The number of thioether (sulfide) groups is 1. The number of hydrogen-bond acceptors (Lipinski definition) is 3. The van der Waals surface area contributed by atoms with Crippen LogP contribution in [0.25, 0.3) is 0 Å². The normalized spacial score (nSPS) is 14.6. The molecule has 0 aromatic heterocycles. The number of anilines is 2. The van der Waals surface area contributed by atoms with Crippen LogP contribution in [0.1, 0.15) is 19.8 Å². The zero-order valence-electron chi connectivity index (χ0n) is 13.8. The second kappa shape index (κ2) is 8.06. The molecule has 1 unspecified atom stereocenters. The Balaban J connectivity index is 1.52. The molecule has 6 heteroatoms. The molecule has 3 rings (SSSR count). The Kier molecular flexibility index (Phi) is 5.81. The van der Waals surface area contributed by atoms with E-state index >= 15 is 0 Å². The fraction of sp³-hybridized carbons (Fsp3) is 0.263. The Morgan fingerprint density at radius 3 is 2.16 bits per heavy atom. The van der Waals surface area contributed by atoms with Gasteiger partial charge in [0.05, 0.1) is 5.25 Å². The molecule has 1 fully saturated rings. The zero-order chi connectivity index (χ0) is 17.8. The number of benzene rings is 2. The van der Waals surface area contributed by atoms with Crippen LogP contribution in [0.15, 0.2) is 57.9 Å². The predicted octanol–water partition coefficient (Wildman–Crippen LogP) is 4.92. The van der Waals surface area contributed by atoms with Gasteiger partial charge in [-0.15, -0.1) is 11.8 Å². The van der Waals surface area contributed by atoms with Crippen LogP contribution in [-0.2, 0) is 9.59 Å². The lowest BCUT2D eigenvalue weighted by atomic mass is 10.3. The van der Waals surface area contributed by atoms with Gasteiger partial charge >= 0.3 is 0 Å². The monoisotopic (exact) mass is 418 g/mol. The summed E-state index contributed by atoms with van der Waals surface area (Å²) < 4.78 is 0.974. The van der Waals surface area contributed by atoms with Crippen molar-refractivity contribution in [3.63, 3.8) is 0 Å². The smallest absolute Gasteiger partial charge is 0.237 e. The molecule has 0 aliphatic heterocycles. The Morgan fingerprint density at radius 1 is 1.00 bits per heavy atom. The number of amides is 2. The van der Waals surface area contributed by atoms with Crippen molar-refractivity contribution in [2.75, 3.05) is 10.6 Å². The summed E-state index contributed by atoms with van der Waals surface area (Å²) in [6, 6.07) is 15.1. The number of hydrogen-bond donors (Lipinski definition) is 2. The van der Waals surface area contributed by atoms with Crippen molar-refractivity contribution < 1.29 is 9.59 Å². The van der Waals surface area contributed by atoms with Gasteiger partial charge < -0.3 is 10.6 Å².